The van der Waals surface area contributed by atoms with Gasteiger partial charge in [0.15, 0.2) is 17.5 Å². The van der Waals surface area contributed by atoms with Crippen LogP contribution in [-0.4, -0.2) is 24.1 Å². The Labute approximate surface area is 401 Å². The first-order chi connectivity index (χ1) is 34.2. The second-order valence-corrected chi connectivity index (χ2v) is 18.5. The molecule has 14 aromatic rings. The van der Waals surface area contributed by atoms with Crippen molar-refractivity contribution >= 4 is 75.1 Å². The summed E-state index contributed by atoms with van der Waals surface area (Å²) >= 11 is 1.89. The van der Waals surface area contributed by atoms with Gasteiger partial charge >= 0.3 is 0 Å². The number of thiophene rings is 1. The van der Waals surface area contributed by atoms with Crippen molar-refractivity contribution in [3.05, 3.63) is 237 Å². The predicted octanol–water partition coefficient (Wildman–Crippen LogP) is 16.8. The van der Waals surface area contributed by atoms with E-state index in [4.69, 9.17) is 15.0 Å². The van der Waals surface area contributed by atoms with Crippen LogP contribution in [0.2, 0.25) is 0 Å². The molecular weight excluding hydrogens is 859 g/mol. The molecule has 4 heterocycles. The van der Waals surface area contributed by atoms with Gasteiger partial charge in [-0.05, 0) is 58.7 Å². The van der Waals surface area contributed by atoms with Crippen LogP contribution in [0.3, 0.4) is 0 Å². The average molecular weight is 898 g/mol. The van der Waals surface area contributed by atoms with Gasteiger partial charge in [-0.25, -0.2) is 15.0 Å². The number of aromatic nitrogens is 5. The van der Waals surface area contributed by atoms with Crippen LogP contribution in [-0.2, 0) is 0 Å². The second-order valence-electron chi connectivity index (χ2n) is 17.5. The van der Waals surface area contributed by atoms with E-state index in [0.29, 0.717) is 17.5 Å². The Balaban J connectivity index is 1.04. The Bertz CT molecular complexity index is 4300. The lowest BCUT2D eigenvalue weighted by atomic mass is 9.99. The fourth-order valence-corrected chi connectivity index (χ4v) is 11.9. The van der Waals surface area contributed by atoms with Gasteiger partial charge in [0.1, 0.15) is 0 Å². The van der Waals surface area contributed by atoms with Crippen molar-refractivity contribution in [1.82, 2.24) is 24.1 Å². The van der Waals surface area contributed by atoms with Gasteiger partial charge in [-0.15, -0.1) is 11.3 Å². The Kier molecular flexibility index (Phi) is 9.00. The van der Waals surface area contributed by atoms with Gasteiger partial charge in [-0.3, -0.25) is 0 Å². The minimum atomic E-state index is 0.607. The fourth-order valence-electron chi connectivity index (χ4n) is 10.5. The fraction of sp³-hybridized carbons (Fsp3) is 0. The number of hydrogen-bond acceptors (Lipinski definition) is 4. The molecule has 0 N–H and O–H groups in total. The van der Waals surface area contributed by atoms with Gasteiger partial charge in [0.05, 0.1) is 37.2 Å². The van der Waals surface area contributed by atoms with E-state index in [-0.39, 0.29) is 0 Å². The second kappa shape index (κ2) is 15.8. The summed E-state index contributed by atoms with van der Waals surface area (Å²) < 4.78 is 7.43. The quantitative estimate of drug-likeness (QED) is 0.160. The third kappa shape index (κ3) is 6.27. The number of rotatable bonds is 7. The zero-order chi connectivity index (χ0) is 45.4. The first-order valence-corrected chi connectivity index (χ1v) is 24.1. The minimum Gasteiger partial charge on any atom is -0.308 e. The molecule has 0 fully saturated rings. The molecule has 322 valence electrons. The summed E-state index contributed by atoms with van der Waals surface area (Å²) in [6.07, 6.45) is 0. The molecule has 10 aromatic carbocycles. The molecule has 0 aliphatic carbocycles. The van der Waals surface area contributed by atoms with E-state index in [9.17, 15) is 0 Å². The summed E-state index contributed by atoms with van der Waals surface area (Å²) in [5, 5.41) is 7.34. The highest BCUT2D eigenvalue weighted by Gasteiger charge is 2.24. The summed E-state index contributed by atoms with van der Waals surface area (Å²) in [7, 11) is 0. The zero-order valence-electron chi connectivity index (χ0n) is 37.2. The largest absolute Gasteiger partial charge is 0.308 e. The van der Waals surface area contributed by atoms with Crippen molar-refractivity contribution in [2.24, 2.45) is 0 Å². The van der Waals surface area contributed by atoms with E-state index in [2.05, 4.69) is 221 Å². The smallest absolute Gasteiger partial charge is 0.166 e. The Morgan fingerprint density at radius 2 is 0.754 bits per heavy atom. The van der Waals surface area contributed by atoms with E-state index in [1.165, 1.54) is 63.9 Å². The monoisotopic (exact) mass is 897 g/mol. The Morgan fingerprint density at radius 1 is 0.290 bits per heavy atom. The minimum absolute atomic E-state index is 0.607. The van der Waals surface area contributed by atoms with Gasteiger partial charge in [0, 0.05) is 54.7 Å². The molecule has 0 aliphatic rings. The van der Waals surface area contributed by atoms with Crippen LogP contribution in [0.4, 0.5) is 0 Å². The van der Waals surface area contributed by atoms with E-state index in [1.54, 1.807) is 0 Å². The third-order valence-corrected chi connectivity index (χ3v) is 14.8. The van der Waals surface area contributed by atoms with Gasteiger partial charge in [0.25, 0.3) is 0 Å². The molecule has 0 saturated heterocycles. The molecule has 0 amide bonds. The van der Waals surface area contributed by atoms with Crippen LogP contribution in [0, 0.1) is 0 Å². The van der Waals surface area contributed by atoms with Crippen molar-refractivity contribution in [2.45, 2.75) is 0 Å². The molecule has 0 atom stereocenters. The van der Waals surface area contributed by atoms with Crippen LogP contribution >= 0.6 is 11.3 Å². The number of fused-ring (bicyclic) bond motifs is 11. The van der Waals surface area contributed by atoms with Crippen molar-refractivity contribution in [3.8, 4) is 67.8 Å². The third-order valence-electron chi connectivity index (χ3n) is 13.6. The topological polar surface area (TPSA) is 48.5 Å². The summed E-state index contributed by atoms with van der Waals surface area (Å²) in [6.45, 7) is 0. The highest BCUT2D eigenvalue weighted by atomic mass is 32.1. The van der Waals surface area contributed by atoms with E-state index in [1.807, 2.05) is 35.6 Å². The maximum atomic E-state index is 5.40. The molecule has 0 aliphatic heterocycles. The maximum absolute atomic E-state index is 5.40. The molecule has 14 rings (SSSR count). The van der Waals surface area contributed by atoms with Crippen molar-refractivity contribution < 1.29 is 0 Å². The SMILES string of the molecule is c1ccc(-c2cccc(-n3c4ccccc4c4ccc5c6ccc7c8ccccc8n(-c8ccccc8-c8nc(-c9ccccc9)nc(-c9ccccc9-c9ccccc9)n8)c7c6sc5c43)c2)cc1. The lowest BCUT2D eigenvalue weighted by Gasteiger charge is -2.15. The van der Waals surface area contributed by atoms with Gasteiger partial charge in [0.2, 0.25) is 0 Å². The predicted molar refractivity (Wildman–Crippen MR) is 289 cm³/mol. The van der Waals surface area contributed by atoms with Gasteiger partial charge < -0.3 is 9.13 Å². The van der Waals surface area contributed by atoms with Crippen LogP contribution in [0.5, 0.6) is 0 Å². The Hall–Kier alpha value is -8.97. The van der Waals surface area contributed by atoms with Crippen molar-refractivity contribution in [2.75, 3.05) is 0 Å². The van der Waals surface area contributed by atoms with E-state index < -0.39 is 0 Å². The van der Waals surface area contributed by atoms with E-state index >= 15 is 0 Å². The normalized spacial score (nSPS) is 11.8. The van der Waals surface area contributed by atoms with Crippen molar-refractivity contribution in [1.29, 1.82) is 0 Å². The van der Waals surface area contributed by atoms with Crippen LogP contribution < -0.4 is 0 Å². The van der Waals surface area contributed by atoms with E-state index in [0.717, 1.165) is 50.2 Å². The number of nitrogens with zero attached hydrogens (tertiary/aromatic N) is 5. The molecule has 5 nitrogen and oxygen atoms in total. The zero-order valence-corrected chi connectivity index (χ0v) is 38.0. The maximum Gasteiger partial charge on any atom is 0.166 e. The summed E-state index contributed by atoms with van der Waals surface area (Å²) in [4.78, 5) is 15.9. The summed E-state index contributed by atoms with van der Waals surface area (Å²) in [6, 6.07) is 84.2. The lowest BCUT2D eigenvalue weighted by Crippen LogP contribution is -2.04. The van der Waals surface area contributed by atoms with Gasteiger partial charge in [-0.2, -0.15) is 0 Å². The molecule has 0 unspecified atom stereocenters. The molecule has 6 heteroatoms. The molecule has 0 radical (unpaired) electrons. The summed E-state index contributed by atoms with van der Waals surface area (Å²) in [5.74, 6) is 1.85. The van der Waals surface area contributed by atoms with Crippen LogP contribution in [0.25, 0.3) is 132 Å². The molecular formula is C63H39N5S. The molecule has 69 heavy (non-hydrogen) atoms. The van der Waals surface area contributed by atoms with Crippen LogP contribution in [0.15, 0.2) is 237 Å². The Morgan fingerprint density at radius 3 is 1.42 bits per heavy atom. The average Bonchev–Trinajstić information content (AvgIpc) is 4.10. The van der Waals surface area contributed by atoms with Gasteiger partial charge in [-0.1, -0.05) is 200 Å². The molecule has 0 bridgehead atoms. The van der Waals surface area contributed by atoms with Crippen molar-refractivity contribution in [3.63, 3.8) is 0 Å². The molecule has 0 saturated carbocycles. The summed E-state index contributed by atoms with van der Waals surface area (Å²) in [5.41, 5.74) is 14.2. The number of hydrogen-bond donors (Lipinski definition) is 0. The van der Waals surface area contributed by atoms with Crippen LogP contribution in [0.1, 0.15) is 0 Å². The number of benzene rings is 10. The highest BCUT2D eigenvalue weighted by Crippen LogP contribution is 2.48. The molecule has 0 spiro atoms. The number of para-hydroxylation sites is 3. The first-order valence-electron chi connectivity index (χ1n) is 23.3. The lowest BCUT2D eigenvalue weighted by molar-refractivity contribution is 1.07. The highest BCUT2D eigenvalue weighted by molar-refractivity contribution is 7.27. The standard InChI is InChI=1S/C63H39N5S/c1-4-19-40(20-5-1)43-25-18-26-44(39-43)67-54-32-15-12-28-46(54)48-35-37-50-51-38-36-49-47-29-13-16-33-55(47)68(58(49)60(51)69-59(50)57(48)67)56-34-17-14-31-53(56)63-65-61(42-23-8-3-9-24-42)64-62(66-63)52-30-11-10-27-45(52)41-21-6-2-7-22-41/h1-39H. The first kappa shape index (κ1) is 39.2. The molecule has 4 aromatic heterocycles.